The summed E-state index contributed by atoms with van der Waals surface area (Å²) in [4.78, 5) is 3.85. The molecular formula is C13H18BrNOS. The van der Waals surface area contributed by atoms with Crippen molar-refractivity contribution in [3.63, 3.8) is 0 Å². The van der Waals surface area contributed by atoms with Crippen LogP contribution in [0.2, 0.25) is 0 Å². The van der Waals surface area contributed by atoms with E-state index in [4.69, 9.17) is 0 Å². The minimum atomic E-state index is -0.462. The van der Waals surface area contributed by atoms with Gasteiger partial charge in [-0.15, -0.1) is 11.3 Å². The van der Waals surface area contributed by atoms with E-state index < -0.39 is 5.60 Å². The fourth-order valence-corrected chi connectivity index (χ4v) is 4.86. The third kappa shape index (κ3) is 2.60. The van der Waals surface area contributed by atoms with Crippen LogP contribution < -0.4 is 0 Å². The van der Waals surface area contributed by atoms with Gasteiger partial charge in [0, 0.05) is 23.9 Å². The first kappa shape index (κ1) is 12.2. The molecule has 0 aliphatic carbocycles. The molecule has 2 unspecified atom stereocenters. The van der Waals surface area contributed by atoms with Crippen LogP contribution in [0.1, 0.15) is 30.6 Å². The molecule has 1 aromatic rings. The van der Waals surface area contributed by atoms with Gasteiger partial charge in [0.25, 0.3) is 0 Å². The van der Waals surface area contributed by atoms with E-state index in [1.54, 1.807) is 11.3 Å². The summed E-state index contributed by atoms with van der Waals surface area (Å²) in [7, 11) is 0. The van der Waals surface area contributed by atoms with E-state index in [0.717, 1.165) is 29.6 Å². The van der Waals surface area contributed by atoms with Crippen molar-refractivity contribution in [1.29, 1.82) is 0 Å². The number of hydrogen-bond donors (Lipinski definition) is 1. The molecule has 2 atom stereocenters. The normalized spacial score (nSPS) is 33.9. The molecule has 0 saturated carbocycles. The highest BCUT2D eigenvalue weighted by Gasteiger charge is 2.40. The molecule has 3 rings (SSSR count). The molecule has 1 aromatic heterocycles. The molecule has 2 fully saturated rings. The van der Waals surface area contributed by atoms with Crippen molar-refractivity contribution in [2.24, 2.45) is 0 Å². The number of halogens is 1. The van der Waals surface area contributed by atoms with E-state index >= 15 is 0 Å². The second kappa shape index (κ2) is 4.65. The van der Waals surface area contributed by atoms with Crippen LogP contribution in [0.5, 0.6) is 0 Å². The molecule has 0 spiro atoms. The first-order valence-electron chi connectivity index (χ1n) is 6.35. The number of hydrogen-bond acceptors (Lipinski definition) is 3. The van der Waals surface area contributed by atoms with E-state index in [9.17, 15) is 5.11 Å². The van der Waals surface area contributed by atoms with Crippen molar-refractivity contribution in [2.45, 2.75) is 43.7 Å². The summed E-state index contributed by atoms with van der Waals surface area (Å²) in [5.41, 5.74) is -0.462. The maximum Gasteiger partial charge on any atom is 0.0722 e. The first-order valence-corrected chi connectivity index (χ1v) is 7.96. The lowest BCUT2D eigenvalue weighted by Gasteiger charge is -2.40. The number of fused-ring (bicyclic) bond motifs is 1. The van der Waals surface area contributed by atoms with Crippen molar-refractivity contribution in [3.8, 4) is 0 Å². The van der Waals surface area contributed by atoms with Crippen LogP contribution in [-0.4, -0.2) is 34.7 Å². The van der Waals surface area contributed by atoms with Crippen molar-refractivity contribution in [2.75, 3.05) is 13.1 Å². The van der Waals surface area contributed by atoms with Crippen molar-refractivity contribution < 1.29 is 5.11 Å². The standard InChI is InChI=1S/C13H18BrNOS/c14-12-4-3-11(17-12)9-13(16)5-7-15-6-1-2-10(15)8-13/h3-4,10,16H,1-2,5-9H2. The van der Waals surface area contributed by atoms with Gasteiger partial charge in [-0.2, -0.15) is 0 Å². The molecule has 2 saturated heterocycles. The summed E-state index contributed by atoms with van der Waals surface area (Å²) in [5, 5.41) is 10.7. The zero-order valence-electron chi connectivity index (χ0n) is 9.86. The molecule has 1 N–H and O–H groups in total. The highest BCUT2D eigenvalue weighted by Crippen LogP contribution is 2.36. The fraction of sp³-hybridized carbons (Fsp3) is 0.692. The maximum atomic E-state index is 10.7. The largest absolute Gasteiger partial charge is 0.389 e. The summed E-state index contributed by atoms with van der Waals surface area (Å²) in [6, 6.07) is 4.85. The second-order valence-corrected chi connectivity index (χ2v) is 7.94. The van der Waals surface area contributed by atoms with E-state index in [2.05, 4.69) is 33.0 Å². The molecule has 0 amide bonds. The maximum absolute atomic E-state index is 10.7. The topological polar surface area (TPSA) is 23.5 Å². The Hall–Kier alpha value is 0.1000. The summed E-state index contributed by atoms with van der Waals surface area (Å²) in [5.74, 6) is 0. The Bertz CT molecular complexity index is 408. The monoisotopic (exact) mass is 315 g/mol. The summed E-state index contributed by atoms with van der Waals surface area (Å²) in [6.45, 7) is 2.32. The molecule has 94 valence electrons. The van der Waals surface area contributed by atoms with E-state index in [-0.39, 0.29) is 0 Å². The quantitative estimate of drug-likeness (QED) is 0.906. The second-order valence-electron chi connectivity index (χ2n) is 5.39. The summed E-state index contributed by atoms with van der Waals surface area (Å²) >= 11 is 5.24. The highest BCUT2D eigenvalue weighted by molar-refractivity contribution is 9.11. The molecular weight excluding hydrogens is 298 g/mol. The number of rotatable bonds is 2. The van der Waals surface area contributed by atoms with Gasteiger partial charge in [-0.05, 0) is 60.3 Å². The zero-order chi connectivity index (χ0) is 11.9. The Labute approximate surface area is 115 Å². The third-order valence-electron chi connectivity index (χ3n) is 4.11. The van der Waals surface area contributed by atoms with Crippen molar-refractivity contribution in [3.05, 3.63) is 20.8 Å². The first-order chi connectivity index (χ1) is 8.15. The van der Waals surface area contributed by atoms with Gasteiger partial charge in [0.05, 0.1) is 9.39 Å². The number of aliphatic hydroxyl groups is 1. The lowest BCUT2D eigenvalue weighted by atomic mass is 9.83. The van der Waals surface area contributed by atoms with Crippen molar-refractivity contribution in [1.82, 2.24) is 4.90 Å². The van der Waals surface area contributed by atoms with Crippen LogP contribution >= 0.6 is 27.3 Å². The van der Waals surface area contributed by atoms with Crippen molar-refractivity contribution >= 4 is 27.3 Å². The Morgan fingerprint density at radius 1 is 1.47 bits per heavy atom. The minimum Gasteiger partial charge on any atom is -0.389 e. The Kier molecular flexibility index (Phi) is 3.32. The Morgan fingerprint density at radius 3 is 3.12 bits per heavy atom. The van der Waals surface area contributed by atoms with Gasteiger partial charge in [-0.25, -0.2) is 0 Å². The Morgan fingerprint density at radius 2 is 2.35 bits per heavy atom. The van der Waals surface area contributed by atoms with E-state index in [1.807, 2.05) is 0 Å². The predicted molar refractivity (Wildman–Crippen MR) is 74.5 cm³/mol. The predicted octanol–water partition coefficient (Wildman–Crippen LogP) is 3.04. The fourth-order valence-electron chi connectivity index (χ4n) is 3.24. The number of thiophene rings is 1. The van der Waals surface area contributed by atoms with Crippen LogP contribution in [0.25, 0.3) is 0 Å². The van der Waals surface area contributed by atoms with Gasteiger partial charge >= 0.3 is 0 Å². The molecule has 0 radical (unpaired) electrons. The van der Waals surface area contributed by atoms with Gasteiger partial charge in [-0.1, -0.05) is 0 Å². The summed E-state index contributed by atoms with van der Waals surface area (Å²) < 4.78 is 1.16. The molecule has 0 bridgehead atoms. The molecule has 17 heavy (non-hydrogen) atoms. The van der Waals surface area contributed by atoms with Gasteiger partial charge in [0.15, 0.2) is 0 Å². The van der Waals surface area contributed by atoms with E-state index in [0.29, 0.717) is 6.04 Å². The average Bonchev–Trinajstić information content (AvgIpc) is 2.86. The van der Waals surface area contributed by atoms with Gasteiger partial charge < -0.3 is 10.0 Å². The number of piperidine rings is 1. The molecule has 2 nitrogen and oxygen atoms in total. The SMILES string of the molecule is OC1(Cc2ccc(Br)s2)CCN2CCCC2C1. The smallest absolute Gasteiger partial charge is 0.0722 e. The van der Waals surface area contributed by atoms with Gasteiger partial charge in [0.2, 0.25) is 0 Å². The van der Waals surface area contributed by atoms with Crippen LogP contribution in [0.4, 0.5) is 0 Å². The van der Waals surface area contributed by atoms with Gasteiger partial charge in [0.1, 0.15) is 0 Å². The minimum absolute atomic E-state index is 0.462. The lowest BCUT2D eigenvalue weighted by Crippen LogP contribution is -2.48. The van der Waals surface area contributed by atoms with Crippen LogP contribution in [0.15, 0.2) is 15.9 Å². The molecule has 3 heterocycles. The molecule has 2 aliphatic rings. The third-order valence-corrected chi connectivity index (χ3v) is 5.73. The van der Waals surface area contributed by atoms with Gasteiger partial charge in [-0.3, -0.25) is 0 Å². The van der Waals surface area contributed by atoms with E-state index in [1.165, 1.54) is 24.3 Å². The highest BCUT2D eigenvalue weighted by atomic mass is 79.9. The number of nitrogens with zero attached hydrogens (tertiary/aromatic N) is 1. The molecule has 0 aromatic carbocycles. The van der Waals surface area contributed by atoms with Crippen LogP contribution in [0, 0.1) is 0 Å². The Balaban J connectivity index is 1.69. The average molecular weight is 316 g/mol. The zero-order valence-corrected chi connectivity index (χ0v) is 12.3. The summed E-state index contributed by atoms with van der Waals surface area (Å²) in [6.07, 6.45) is 5.30. The molecule has 4 heteroatoms. The molecule has 2 aliphatic heterocycles. The lowest BCUT2D eigenvalue weighted by molar-refractivity contribution is -0.0348. The van der Waals surface area contributed by atoms with Crippen LogP contribution in [-0.2, 0) is 6.42 Å². The van der Waals surface area contributed by atoms with Crippen LogP contribution in [0.3, 0.4) is 0 Å².